The van der Waals surface area contributed by atoms with Crippen LogP contribution in [0.2, 0.25) is 0 Å². The molecule has 0 bridgehead atoms. The van der Waals surface area contributed by atoms with Gasteiger partial charge < -0.3 is 15.7 Å². The summed E-state index contributed by atoms with van der Waals surface area (Å²) in [6.45, 7) is 2.63. The van der Waals surface area contributed by atoms with E-state index in [1.807, 2.05) is 0 Å². The number of hydrogen-bond donors (Lipinski definition) is 2. The van der Waals surface area contributed by atoms with Crippen LogP contribution in [0.25, 0.3) is 0 Å². The van der Waals surface area contributed by atoms with E-state index in [4.69, 9.17) is 10.8 Å². The second-order valence-corrected chi connectivity index (χ2v) is 5.85. The number of nitrogens with two attached hydrogens (primary N) is 1. The van der Waals surface area contributed by atoms with Crippen LogP contribution < -0.4 is 5.73 Å². The van der Waals surface area contributed by atoms with E-state index < -0.39 is 17.6 Å². The summed E-state index contributed by atoms with van der Waals surface area (Å²) in [6, 6.07) is -0.671. The largest absolute Gasteiger partial charge is 0.480 e. The van der Waals surface area contributed by atoms with Gasteiger partial charge in [0.15, 0.2) is 0 Å². The molecule has 1 saturated carbocycles. The van der Waals surface area contributed by atoms with Gasteiger partial charge in [-0.3, -0.25) is 4.79 Å². The molecule has 1 heterocycles. The van der Waals surface area contributed by atoms with Crippen molar-refractivity contribution in [2.24, 2.45) is 11.7 Å². The molecule has 2 fully saturated rings. The molecule has 3 N–H and O–H groups in total. The summed E-state index contributed by atoms with van der Waals surface area (Å²) in [4.78, 5) is 25.1. The highest BCUT2D eigenvalue weighted by Crippen LogP contribution is 2.33. The molecule has 1 saturated heterocycles. The van der Waals surface area contributed by atoms with E-state index in [0.717, 1.165) is 19.3 Å². The fourth-order valence-electron chi connectivity index (χ4n) is 3.34. The highest BCUT2D eigenvalue weighted by atomic mass is 16.4. The minimum absolute atomic E-state index is 0.154. The lowest BCUT2D eigenvalue weighted by molar-refractivity contribution is -0.151. The second-order valence-electron chi connectivity index (χ2n) is 5.85. The van der Waals surface area contributed by atoms with E-state index in [9.17, 15) is 9.59 Å². The van der Waals surface area contributed by atoms with E-state index in [2.05, 4.69) is 6.92 Å². The van der Waals surface area contributed by atoms with Gasteiger partial charge in [0.1, 0.15) is 6.04 Å². The Bertz CT molecular complexity index is 358. The predicted octanol–water partition coefficient (Wildman–Crippen LogP) is 0.970. The van der Waals surface area contributed by atoms with Crippen molar-refractivity contribution in [2.75, 3.05) is 6.54 Å². The molecule has 102 valence electrons. The summed E-state index contributed by atoms with van der Waals surface area (Å²) in [7, 11) is 0. The molecule has 3 atom stereocenters. The topological polar surface area (TPSA) is 83.6 Å². The van der Waals surface area contributed by atoms with E-state index in [-0.39, 0.29) is 5.91 Å². The average Bonchev–Trinajstić information content (AvgIpc) is 2.76. The summed E-state index contributed by atoms with van der Waals surface area (Å²) in [5.74, 6) is -0.620. The van der Waals surface area contributed by atoms with Crippen molar-refractivity contribution < 1.29 is 14.7 Å². The summed E-state index contributed by atoms with van der Waals surface area (Å²) >= 11 is 0. The van der Waals surface area contributed by atoms with E-state index in [0.29, 0.717) is 31.7 Å². The quantitative estimate of drug-likeness (QED) is 0.769. The van der Waals surface area contributed by atoms with Crippen LogP contribution in [0, 0.1) is 5.92 Å². The van der Waals surface area contributed by atoms with Crippen molar-refractivity contribution in [3.8, 4) is 0 Å². The summed E-state index contributed by atoms with van der Waals surface area (Å²) in [5.41, 5.74) is 5.41. The minimum Gasteiger partial charge on any atom is -0.480 e. The third-order valence-corrected chi connectivity index (χ3v) is 4.26. The molecule has 5 heteroatoms. The second kappa shape index (κ2) is 4.88. The first kappa shape index (κ1) is 13.3. The van der Waals surface area contributed by atoms with Gasteiger partial charge >= 0.3 is 5.97 Å². The fraction of sp³-hybridized carbons (Fsp3) is 0.846. The first-order valence-electron chi connectivity index (χ1n) is 6.77. The Labute approximate surface area is 107 Å². The number of hydrogen-bond acceptors (Lipinski definition) is 3. The number of amides is 1. The van der Waals surface area contributed by atoms with Crippen LogP contribution >= 0.6 is 0 Å². The predicted molar refractivity (Wildman–Crippen MR) is 66.9 cm³/mol. The summed E-state index contributed by atoms with van der Waals surface area (Å²) in [5, 5.41) is 9.13. The Balaban J connectivity index is 2.12. The molecule has 1 aliphatic carbocycles. The van der Waals surface area contributed by atoms with Crippen LogP contribution in [0.1, 0.15) is 45.4 Å². The minimum atomic E-state index is -0.909. The Morgan fingerprint density at radius 1 is 1.33 bits per heavy atom. The first-order chi connectivity index (χ1) is 8.44. The number of carbonyl (C=O) groups is 2. The lowest BCUT2D eigenvalue weighted by Crippen LogP contribution is -2.59. The Morgan fingerprint density at radius 3 is 2.67 bits per heavy atom. The Hall–Kier alpha value is -1.10. The molecule has 0 spiro atoms. The van der Waals surface area contributed by atoms with Crippen molar-refractivity contribution in [3.05, 3.63) is 0 Å². The summed E-state index contributed by atoms with van der Waals surface area (Å²) in [6.07, 6.45) is 4.72. The molecule has 2 rings (SSSR count). The average molecular weight is 254 g/mol. The smallest absolute Gasteiger partial charge is 0.326 e. The lowest BCUT2D eigenvalue weighted by atomic mass is 9.76. The third-order valence-electron chi connectivity index (χ3n) is 4.26. The standard InChI is InChI=1S/C13H22N2O3/c1-9-4-2-6-13(14,8-9)12(18)15-7-3-5-10(15)11(16)17/h9-10H,2-8,14H2,1H3,(H,16,17)/t9?,10-,13?/m0/s1. The number of carboxylic acids is 1. The summed E-state index contributed by atoms with van der Waals surface area (Å²) < 4.78 is 0. The van der Waals surface area contributed by atoms with Gasteiger partial charge in [-0.2, -0.15) is 0 Å². The highest BCUT2D eigenvalue weighted by molar-refractivity contribution is 5.90. The molecule has 2 unspecified atom stereocenters. The fourth-order valence-corrected chi connectivity index (χ4v) is 3.34. The van der Waals surface area contributed by atoms with Gasteiger partial charge in [0.2, 0.25) is 5.91 Å². The molecule has 0 radical (unpaired) electrons. The van der Waals surface area contributed by atoms with Crippen molar-refractivity contribution in [3.63, 3.8) is 0 Å². The monoisotopic (exact) mass is 254 g/mol. The maximum Gasteiger partial charge on any atom is 0.326 e. The Kier molecular flexibility index (Phi) is 3.61. The van der Waals surface area contributed by atoms with Gasteiger partial charge in [-0.15, -0.1) is 0 Å². The molecule has 1 amide bonds. The van der Waals surface area contributed by atoms with Crippen LogP contribution in [0.4, 0.5) is 0 Å². The number of rotatable bonds is 2. The highest BCUT2D eigenvalue weighted by Gasteiger charge is 2.45. The Morgan fingerprint density at radius 2 is 2.06 bits per heavy atom. The molecular formula is C13H22N2O3. The molecular weight excluding hydrogens is 232 g/mol. The van der Waals surface area contributed by atoms with Gasteiger partial charge in [-0.25, -0.2) is 4.79 Å². The van der Waals surface area contributed by atoms with E-state index in [1.165, 1.54) is 4.90 Å². The van der Waals surface area contributed by atoms with Gasteiger partial charge in [0.05, 0.1) is 5.54 Å². The van der Waals surface area contributed by atoms with Crippen LogP contribution in [-0.4, -0.2) is 40.0 Å². The number of carbonyl (C=O) groups excluding carboxylic acids is 1. The molecule has 5 nitrogen and oxygen atoms in total. The zero-order valence-corrected chi connectivity index (χ0v) is 10.9. The van der Waals surface area contributed by atoms with Gasteiger partial charge in [-0.1, -0.05) is 19.8 Å². The van der Waals surface area contributed by atoms with Crippen molar-refractivity contribution >= 4 is 11.9 Å². The van der Waals surface area contributed by atoms with Crippen molar-refractivity contribution in [2.45, 2.75) is 57.0 Å². The number of likely N-dealkylation sites (tertiary alicyclic amines) is 1. The van der Waals surface area contributed by atoms with E-state index in [1.54, 1.807) is 0 Å². The van der Waals surface area contributed by atoms with Gasteiger partial charge in [-0.05, 0) is 31.6 Å². The van der Waals surface area contributed by atoms with Crippen LogP contribution in [0.5, 0.6) is 0 Å². The van der Waals surface area contributed by atoms with Crippen molar-refractivity contribution in [1.29, 1.82) is 0 Å². The molecule has 18 heavy (non-hydrogen) atoms. The SMILES string of the molecule is CC1CCCC(N)(C(=O)N2CCC[C@H]2C(=O)O)C1. The van der Waals surface area contributed by atoms with Gasteiger partial charge in [0.25, 0.3) is 0 Å². The van der Waals surface area contributed by atoms with Crippen molar-refractivity contribution in [1.82, 2.24) is 4.90 Å². The number of aliphatic carboxylic acids is 1. The molecule has 0 aromatic carbocycles. The molecule has 1 aliphatic heterocycles. The molecule has 0 aromatic heterocycles. The first-order valence-corrected chi connectivity index (χ1v) is 6.77. The normalized spacial score (nSPS) is 36.7. The molecule has 0 aromatic rings. The number of carboxylic acid groups (broad SMARTS) is 1. The maximum atomic E-state index is 12.5. The lowest BCUT2D eigenvalue weighted by Gasteiger charge is -2.39. The zero-order chi connectivity index (χ0) is 13.3. The van der Waals surface area contributed by atoms with E-state index >= 15 is 0 Å². The van der Waals surface area contributed by atoms with Crippen LogP contribution in [-0.2, 0) is 9.59 Å². The molecule has 2 aliphatic rings. The number of nitrogens with zero attached hydrogens (tertiary/aromatic N) is 1. The van der Waals surface area contributed by atoms with Gasteiger partial charge in [0, 0.05) is 6.54 Å². The van der Waals surface area contributed by atoms with Crippen LogP contribution in [0.3, 0.4) is 0 Å². The zero-order valence-electron chi connectivity index (χ0n) is 10.9. The third kappa shape index (κ3) is 2.36. The maximum absolute atomic E-state index is 12.5. The van der Waals surface area contributed by atoms with Crippen LogP contribution in [0.15, 0.2) is 0 Å².